The highest BCUT2D eigenvalue weighted by molar-refractivity contribution is 6.31. The molecule has 0 spiro atoms. The van der Waals surface area contributed by atoms with Crippen LogP contribution < -0.4 is 10.5 Å². The maximum Gasteiger partial charge on any atom is 0.198 e. The first kappa shape index (κ1) is 19.9. The summed E-state index contributed by atoms with van der Waals surface area (Å²) in [6.45, 7) is 2.70. The number of carbonyl (C=O) groups excluding carboxylic acids is 2. The molecular weight excluding hydrogens is 358 g/mol. The monoisotopic (exact) mass is 383 g/mol. The van der Waals surface area contributed by atoms with Crippen molar-refractivity contribution in [2.45, 2.75) is 32.6 Å². The van der Waals surface area contributed by atoms with E-state index in [0.29, 0.717) is 12.5 Å². The molecule has 1 unspecified atom stereocenters. The van der Waals surface area contributed by atoms with Gasteiger partial charge in [0.2, 0.25) is 0 Å². The lowest BCUT2D eigenvalue weighted by Crippen LogP contribution is -2.23. The fraction of sp³-hybridized carbons (Fsp3) is 0.364. The molecule has 2 aromatic rings. The van der Waals surface area contributed by atoms with Crippen LogP contribution in [0.4, 0.5) is 5.69 Å². The van der Waals surface area contributed by atoms with Crippen molar-refractivity contribution in [3.63, 3.8) is 0 Å². The Morgan fingerprint density at radius 2 is 1.64 bits per heavy atom. The standard InChI is InChI=1S/C22H25NO5/c1-13(6-4-10-24)7-5-11-28-17-12-16(25)18-19(20(17)23)22(27)15-9-3-2-8-14(15)21(18)26/h2-3,8-9,12-13,24-25H,4-7,10-11,23H2,1H3. The number of nitrogens with two attached hydrogens (primary N) is 1. The lowest BCUT2D eigenvalue weighted by molar-refractivity contribution is 0.0977. The lowest BCUT2D eigenvalue weighted by Gasteiger charge is -2.21. The molecule has 0 saturated heterocycles. The summed E-state index contributed by atoms with van der Waals surface area (Å²) in [6, 6.07) is 7.81. The van der Waals surface area contributed by atoms with Gasteiger partial charge in [-0.3, -0.25) is 9.59 Å². The highest BCUT2D eigenvalue weighted by atomic mass is 16.5. The van der Waals surface area contributed by atoms with E-state index in [2.05, 4.69) is 6.92 Å². The summed E-state index contributed by atoms with van der Waals surface area (Å²) in [5.74, 6) is -0.427. The van der Waals surface area contributed by atoms with Gasteiger partial charge in [-0.2, -0.15) is 0 Å². The lowest BCUT2D eigenvalue weighted by atomic mass is 9.82. The molecule has 0 radical (unpaired) electrons. The van der Waals surface area contributed by atoms with Crippen LogP contribution in [-0.4, -0.2) is 35.0 Å². The number of ketones is 2. The zero-order chi connectivity index (χ0) is 20.3. The van der Waals surface area contributed by atoms with Crippen LogP contribution in [0.1, 0.15) is 64.4 Å². The number of aromatic hydroxyl groups is 1. The Balaban J connectivity index is 1.79. The van der Waals surface area contributed by atoms with Crippen LogP contribution in [0, 0.1) is 5.92 Å². The smallest absolute Gasteiger partial charge is 0.198 e. The molecule has 0 aliphatic heterocycles. The average Bonchev–Trinajstić information content (AvgIpc) is 2.69. The van der Waals surface area contributed by atoms with E-state index in [0.717, 1.165) is 25.7 Å². The van der Waals surface area contributed by atoms with Crippen LogP contribution in [0.15, 0.2) is 30.3 Å². The number of aliphatic hydroxyl groups is 1. The first-order chi connectivity index (χ1) is 13.5. The number of hydrogen-bond donors (Lipinski definition) is 3. The van der Waals surface area contributed by atoms with Crippen LogP contribution in [-0.2, 0) is 0 Å². The van der Waals surface area contributed by atoms with E-state index in [1.54, 1.807) is 24.3 Å². The van der Waals surface area contributed by atoms with Gasteiger partial charge in [-0.05, 0) is 31.6 Å². The maximum atomic E-state index is 12.9. The summed E-state index contributed by atoms with van der Waals surface area (Å²) < 4.78 is 5.71. The van der Waals surface area contributed by atoms with Gasteiger partial charge in [-0.25, -0.2) is 0 Å². The normalized spacial score (nSPS) is 13.8. The Morgan fingerprint density at radius 3 is 2.29 bits per heavy atom. The molecule has 28 heavy (non-hydrogen) atoms. The number of ether oxygens (including phenoxy) is 1. The molecule has 0 fully saturated rings. The molecule has 0 saturated carbocycles. The summed E-state index contributed by atoms with van der Waals surface area (Å²) in [4.78, 5) is 25.6. The van der Waals surface area contributed by atoms with Crippen molar-refractivity contribution >= 4 is 17.3 Å². The van der Waals surface area contributed by atoms with Crippen molar-refractivity contribution in [2.75, 3.05) is 18.9 Å². The van der Waals surface area contributed by atoms with Gasteiger partial charge >= 0.3 is 0 Å². The quantitative estimate of drug-likeness (QED) is 0.313. The minimum Gasteiger partial charge on any atom is -0.507 e. The van der Waals surface area contributed by atoms with Gasteiger partial charge in [0.15, 0.2) is 11.6 Å². The van der Waals surface area contributed by atoms with E-state index >= 15 is 0 Å². The molecule has 1 aliphatic carbocycles. The Bertz CT molecular complexity index is 906. The van der Waals surface area contributed by atoms with Crippen molar-refractivity contribution in [3.8, 4) is 11.5 Å². The van der Waals surface area contributed by atoms with Crippen molar-refractivity contribution in [3.05, 3.63) is 52.6 Å². The molecule has 6 heteroatoms. The molecule has 2 aromatic carbocycles. The minimum atomic E-state index is -0.418. The predicted octanol–water partition coefficient (Wildman–Crippen LogP) is 3.32. The molecular formula is C22H25NO5. The molecule has 1 atom stereocenters. The second-order valence-electron chi connectivity index (χ2n) is 7.22. The Morgan fingerprint density at radius 1 is 1.04 bits per heavy atom. The first-order valence-corrected chi connectivity index (χ1v) is 9.53. The fourth-order valence-corrected chi connectivity index (χ4v) is 3.59. The molecule has 1 aliphatic rings. The van der Waals surface area contributed by atoms with E-state index < -0.39 is 5.78 Å². The summed E-state index contributed by atoms with van der Waals surface area (Å²) >= 11 is 0. The van der Waals surface area contributed by atoms with E-state index in [4.69, 9.17) is 15.6 Å². The number of rotatable bonds is 8. The second-order valence-corrected chi connectivity index (χ2v) is 7.22. The Kier molecular flexibility index (Phi) is 5.99. The van der Waals surface area contributed by atoms with Gasteiger partial charge < -0.3 is 20.7 Å². The molecule has 3 rings (SSSR count). The van der Waals surface area contributed by atoms with Gasteiger partial charge in [-0.1, -0.05) is 31.2 Å². The molecule has 6 nitrogen and oxygen atoms in total. The third-order valence-electron chi connectivity index (χ3n) is 5.13. The SMILES string of the molecule is CC(CCCO)CCCOc1cc(O)c2c(c1N)C(=O)c1ccccc1C2=O. The number of phenolic OH excluding ortho intramolecular Hbond substituents is 1. The Hall–Kier alpha value is -2.86. The topological polar surface area (TPSA) is 110 Å². The number of benzene rings is 2. The van der Waals surface area contributed by atoms with Crippen LogP contribution in [0.25, 0.3) is 0 Å². The molecule has 0 bridgehead atoms. The van der Waals surface area contributed by atoms with Crippen LogP contribution in [0.5, 0.6) is 11.5 Å². The van der Waals surface area contributed by atoms with Gasteiger partial charge in [0.1, 0.15) is 11.5 Å². The first-order valence-electron chi connectivity index (χ1n) is 9.53. The molecule has 0 aromatic heterocycles. The number of fused-ring (bicyclic) bond motifs is 2. The zero-order valence-corrected chi connectivity index (χ0v) is 15.9. The van der Waals surface area contributed by atoms with Gasteiger partial charge in [0, 0.05) is 23.8 Å². The number of carbonyl (C=O) groups is 2. The van der Waals surface area contributed by atoms with Crippen molar-refractivity contribution < 1.29 is 24.5 Å². The Labute approximate surface area is 163 Å². The van der Waals surface area contributed by atoms with E-state index in [9.17, 15) is 14.7 Å². The van der Waals surface area contributed by atoms with Crippen LogP contribution >= 0.6 is 0 Å². The largest absolute Gasteiger partial charge is 0.507 e. The number of hydrogen-bond acceptors (Lipinski definition) is 6. The second kappa shape index (κ2) is 8.44. The number of anilines is 1. The third-order valence-corrected chi connectivity index (χ3v) is 5.13. The van der Waals surface area contributed by atoms with Crippen LogP contribution in [0.2, 0.25) is 0 Å². The summed E-state index contributed by atoms with van der Waals surface area (Å²) in [7, 11) is 0. The number of phenols is 1. The third kappa shape index (κ3) is 3.73. The molecule has 148 valence electrons. The van der Waals surface area contributed by atoms with Crippen molar-refractivity contribution in [2.24, 2.45) is 5.92 Å². The predicted molar refractivity (Wildman–Crippen MR) is 106 cm³/mol. The summed E-state index contributed by atoms with van der Waals surface area (Å²) in [6.07, 6.45) is 3.45. The number of aliphatic hydroxyl groups excluding tert-OH is 1. The van der Waals surface area contributed by atoms with E-state index in [-0.39, 0.29) is 51.8 Å². The maximum absolute atomic E-state index is 12.9. The van der Waals surface area contributed by atoms with Gasteiger partial charge in [-0.15, -0.1) is 0 Å². The zero-order valence-electron chi connectivity index (χ0n) is 15.9. The van der Waals surface area contributed by atoms with Gasteiger partial charge in [0.25, 0.3) is 0 Å². The minimum absolute atomic E-state index is 0.00927. The number of nitrogen functional groups attached to an aromatic ring is 1. The molecule has 4 N–H and O–H groups in total. The van der Waals surface area contributed by atoms with E-state index in [1.807, 2.05) is 0 Å². The summed E-state index contributed by atoms with van der Waals surface area (Å²) in [5, 5.41) is 19.3. The highest BCUT2D eigenvalue weighted by Gasteiger charge is 2.35. The molecule has 0 amide bonds. The summed E-state index contributed by atoms with van der Waals surface area (Å²) in [5.41, 5.74) is 6.72. The highest BCUT2D eigenvalue weighted by Crippen LogP contribution is 2.41. The molecule has 0 heterocycles. The average molecular weight is 383 g/mol. The van der Waals surface area contributed by atoms with E-state index in [1.165, 1.54) is 6.07 Å². The van der Waals surface area contributed by atoms with Crippen molar-refractivity contribution in [1.82, 2.24) is 0 Å². The van der Waals surface area contributed by atoms with Gasteiger partial charge in [0.05, 0.1) is 23.4 Å². The van der Waals surface area contributed by atoms with Crippen LogP contribution in [0.3, 0.4) is 0 Å². The van der Waals surface area contributed by atoms with Crippen molar-refractivity contribution in [1.29, 1.82) is 0 Å². The fourth-order valence-electron chi connectivity index (χ4n) is 3.59.